The number of carbonyl (C=O) groups is 1. The molecule has 0 radical (unpaired) electrons. The molecule has 2 fully saturated rings. The average molecular weight is 314 g/mol. The fourth-order valence-corrected chi connectivity index (χ4v) is 3.54. The lowest BCUT2D eigenvalue weighted by Gasteiger charge is -2.42. The SMILES string of the molecule is O=C(NCC1CN2CCCCC2CO1)c1ccn2cncc2c1. The fraction of sp³-hybridized carbons (Fsp3) is 0.529. The third-order valence-electron chi connectivity index (χ3n) is 4.88. The highest BCUT2D eigenvalue weighted by Gasteiger charge is 2.30. The largest absolute Gasteiger partial charge is 0.373 e. The summed E-state index contributed by atoms with van der Waals surface area (Å²) in [6.07, 6.45) is 9.24. The van der Waals surface area contributed by atoms with Gasteiger partial charge < -0.3 is 14.5 Å². The number of nitrogens with zero attached hydrogens (tertiary/aromatic N) is 3. The molecule has 0 bridgehead atoms. The topological polar surface area (TPSA) is 58.9 Å². The number of amides is 1. The molecule has 23 heavy (non-hydrogen) atoms. The van der Waals surface area contributed by atoms with Crippen LogP contribution in [0, 0.1) is 0 Å². The zero-order valence-electron chi connectivity index (χ0n) is 13.1. The lowest BCUT2D eigenvalue weighted by molar-refractivity contribution is -0.0725. The van der Waals surface area contributed by atoms with Crippen LogP contribution in [-0.4, -0.2) is 58.6 Å². The second kappa shape index (κ2) is 6.29. The summed E-state index contributed by atoms with van der Waals surface area (Å²) < 4.78 is 7.81. The number of nitrogens with one attached hydrogen (secondary N) is 1. The first-order valence-electron chi connectivity index (χ1n) is 8.35. The Morgan fingerprint density at radius 3 is 3.35 bits per heavy atom. The molecular weight excluding hydrogens is 292 g/mol. The van der Waals surface area contributed by atoms with E-state index < -0.39 is 0 Å². The highest BCUT2D eigenvalue weighted by Crippen LogP contribution is 2.21. The molecule has 0 saturated carbocycles. The van der Waals surface area contributed by atoms with Crippen molar-refractivity contribution in [1.82, 2.24) is 19.6 Å². The summed E-state index contributed by atoms with van der Waals surface area (Å²) in [5, 5.41) is 3.00. The predicted molar refractivity (Wildman–Crippen MR) is 86.5 cm³/mol. The Morgan fingerprint density at radius 1 is 1.43 bits per heavy atom. The Kier molecular flexibility index (Phi) is 4.01. The average Bonchev–Trinajstić information content (AvgIpc) is 3.07. The van der Waals surface area contributed by atoms with Crippen molar-refractivity contribution in [3.8, 4) is 0 Å². The third kappa shape index (κ3) is 3.09. The van der Waals surface area contributed by atoms with Crippen molar-refractivity contribution in [2.45, 2.75) is 31.4 Å². The standard InChI is InChI=1S/C17H22N4O2/c22-17(13-4-6-21-12-18-8-15(21)7-13)19-9-16-10-20-5-2-1-3-14(20)11-23-16/h4,6-8,12,14,16H,1-3,5,9-11H2,(H,19,22). The Labute approximate surface area is 135 Å². The normalized spacial score (nSPS) is 25.2. The Bertz CT molecular complexity index is 699. The number of hydrogen-bond donors (Lipinski definition) is 1. The molecule has 122 valence electrons. The van der Waals surface area contributed by atoms with Gasteiger partial charge in [-0.3, -0.25) is 9.69 Å². The lowest BCUT2D eigenvalue weighted by Crippen LogP contribution is -2.54. The van der Waals surface area contributed by atoms with Gasteiger partial charge in [0.1, 0.15) is 0 Å². The molecule has 2 atom stereocenters. The van der Waals surface area contributed by atoms with Crippen LogP contribution in [0.25, 0.3) is 5.52 Å². The van der Waals surface area contributed by atoms with E-state index in [1.54, 1.807) is 12.5 Å². The van der Waals surface area contributed by atoms with E-state index in [1.807, 2.05) is 22.7 Å². The first kappa shape index (κ1) is 14.7. The molecule has 2 aliphatic rings. The van der Waals surface area contributed by atoms with Crippen LogP contribution in [0.3, 0.4) is 0 Å². The molecule has 0 aliphatic carbocycles. The van der Waals surface area contributed by atoms with Crippen molar-refractivity contribution in [3.05, 3.63) is 36.4 Å². The van der Waals surface area contributed by atoms with E-state index in [9.17, 15) is 4.79 Å². The molecule has 2 aromatic heterocycles. The Balaban J connectivity index is 1.34. The summed E-state index contributed by atoms with van der Waals surface area (Å²) in [4.78, 5) is 18.9. The molecule has 0 spiro atoms. The van der Waals surface area contributed by atoms with E-state index in [2.05, 4.69) is 15.2 Å². The minimum absolute atomic E-state index is 0.0573. The van der Waals surface area contributed by atoms with Crippen LogP contribution in [-0.2, 0) is 4.74 Å². The van der Waals surface area contributed by atoms with Gasteiger partial charge in [0.05, 0.1) is 30.8 Å². The van der Waals surface area contributed by atoms with Gasteiger partial charge >= 0.3 is 0 Å². The van der Waals surface area contributed by atoms with Crippen LogP contribution < -0.4 is 5.32 Å². The second-order valence-corrected chi connectivity index (χ2v) is 6.45. The molecule has 2 aliphatic heterocycles. The monoisotopic (exact) mass is 314 g/mol. The molecule has 0 aromatic carbocycles. The van der Waals surface area contributed by atoms with Gasteiger partial charge in [-0.15, -0.1) is 0 Å². The molecule has 6 nitrogen and oxygen atoms in total. The lowest BCUT2D eigenvalue weighted by atomic mass is 10.0. The van der Waals surface area contributed by atoms with E-state index in [0.29, 0.717) is 18.2 Å². The molecule has 1 N–H and O–H groups in total. The number of ether oxygens (including phenoxy) is 1. The van der Waals surface area contributed by atoms with Gasteiger partial charge in [-0.05, 0) is 31.5 Å². The van der Waals surface area contributed by atoms with E-state index in [0.717, 1.165) is 25.2 Å². The maximum absolute atomic E-state index is 12.3. The summed E-state index contributed by atoms with van der Waals surface area (Å²) in [6.45, 7) is 3.44. The molecule has 2 saturated heterocycles. The Hall–Kier alpha value is -1.92. The molecule has 2 unspecified atom stereocenters. The van der Waals surface area contributed by atoms with E-state index in [-0.39, 0.29) is 12.0 Å². The fourth-order valence-electron chi connectivity index (χ4n) is 3.54. The quantitative estimate of drug-likeness (QED) is 0.928. The number of carbonyl (C=O) groups excluding carboxylic acids is 1. The summed E-state index contributed by atoms with van der Waals surface area (Å²) in [5.41, 5.74) is 1.58. The van der Waals surface area contributed by atoms with Crippen molar-refractivity contribution >= 4 is 11.4 Å². The van der Waals surface area contributed by atoms with Gasteiger partial charge in [0, 0.05) is 30.9 Å². The highest BCUT2D eigenvalue weighted by atomic mass is 16.5. The van der Waals surface area contributed by atoms with Crippen molar-refractivity contribution in [2.75, 3.05) is 26.2 Å². The summed E-state index contributed by atoms with van der Waals surface area (Å²) in [6, 6.07) is 4.25. The van der Waals surface area contributed by atoms with Crippen LogP contribution in [0.4, 0.5) is 0 Å². The molecular formula is C17H22N4O2. The van der Waals surface area contributed by atoms with Gasteiger partial charge in [0.25, 0.3) is 5.91 Å². The molecule has 4 heterocycles. The number of pyridine rings is 1. The number of aromatic nitrogens is 2. The van der Waals surface area contributed by atoms with Crippen LogP contribution in [0.1, 0.15) is 29.6 Å². The zero-order chi connectivity index (χ0) is 15.6. The van der Waals surface area contributed by atoms with Gasteiger partial charge in [0.2, 0.25) is 0 Å². The third-order valence-corrected chi connectivity index (χ3v) is 4.88. The summed E-state index contributed by atoms with van der Waals surface area (Å²) in [7, 11) is 0. The number of rotatable bonds is 3. The smallest absolute Gasteiger partial charge is 0.251 e. The molecule has 6 heteroatoms. The van der Waals surface area contributed by atoms with Gasteiger partial charge in [-0.2, -0.15) is 0 Å². The number of morpholine rings is 1. The maximum atomic E-state index is 12.3. The number of fused-ring (bicyclic) bond motifs is 2. The van der Waals surface area contributed by atoms with E-state index in [4.69, 9.17) is 4.74 Å². The van der Waals surface area contributed by atoms with Gasteiger partial charge in [0.15, 0.2) is 0 Å². The molecule has 1 amide bonds. The van der Waals surface area contributed by atoms with Crippen LogP contribution >= 0.6 is 0 Å². The van der Waals surface area contributed by atoms with Crippen molar-refractivity contribution in [2.24, 2.45) is 0 Å². The van der Waals surface area contributed by atoms with Crippen molar-refractivity contribution in [1.29, 1.82) is 0 Å². The van der Waals surface area contributed by atoms with Crippen LogP contribution in [0.15, 0.2) is 30.9 Å². The van der Waals surface area contributed by atoms with Gasteiger partial charge in [-0.1, -0.05) is 6.42 Å². The minimum atomic E-state index is -0.0573. The van der Waals surface area contributed by atoms with E-state index in [1.165, 1.54) is 19.3 Å². The first-order chi connectivity index (χ1) is 11.3. The number of hydrogen-bond acceptors (Lipinski definition) is 4. The minimum Gasteiger partial charge on any atom is -0.373 e. The first-order valence-corrected chi connectivity index (χ1v) is 8.35. The maximum Gasteiger partial charge on any atom is 0.251 e. The van der Waals surface area contributed by atoms with E-state index >= 15 is 0 Å². The number of piperidine rings is 1. The van der Waals surface area contributed by atoms with Crippen LogP contribution in [0.5, 0.6) is 0 Å². The summed E-state index contributed by atoms with van der Waals surface area (Å²) >= 11 is 0. The number of imidazole rings is 1. The summed E-state index contributed by atoms with van der Waals surface area (Å²) in [5.74, 6) is -0.0573. The Morgan fingerprint density at radius 2 is 2.39 bits per heavy atom. The molecule has 2 aromatic rings. The highest BCUT2D eigenvalue weighted by molar-refractivity contribution is 5.95. The second-order valence-electron chi connectivity index (χ2n) is 6.45. The zero-order valence-corrected chi connectivity index (χ0v) is 13.1. The predicted octanol–water partition coefficient (Wildman–Crippen LogP) is 1.32. The van der Waals surface area contributed by atoms with Crippen molar-refractivity contribution < 1.29 is 9.53 Å². The van der Waals surface area contributed by atoms with Crippen molar-refractivity contribution in [3.63, 3.8) is 0 Å². The van der Waals surface area contributed by atoms with Gasteiger partial charge in [-0.25, -0.2) is 4.98 Å². The van der Waals surface area contributed by atoms with Crippen LogP contribution in [0.2, 0.25) is 0 Å². The molecule has 4 rings (SSSR count).